The van der Waals surface area contributed by atoms with Crippen LogP contribution in [0, 0.1) is 0 Å². The predicted molar refractivity (Wildman–Crippen MR) is 60.8 cm³/mol. The van der Waals surface area contributed by atoms with Crippen LogP contribution in [0.5, 0.6) is 0 Å². The molecule has 0 saturated heterocycles. The predicted octanol–water partition coefficient (Wildman–Crippen LogP) is 2.04. The summed E-state index contributed by atoms with van der Waals surface area (Å²) in [5, 5.41) is 8.51. The third-order valence-corrected chi connectivity index (χ3v) is 2.94. The van der Waals surface area contributed by atoms with Crippen LogP contribution < -0.4 is 0 Å². The summed E-state index contributed by atoms with van der Waals surface area (Å²) in [6, 6.07) is 6.98. The van der Waals surface area contributed by atoms with E-state index in [0.29, 0.717) is 11.3 Å². The summed E-state index contributed by atoms with van der Waals surface area (Å²) in [4.78, 5) is 22.5. The molecule has 0 radical (unpaired) electrons. The Kier molecular flexibility index (Phi) is 4.85. The normalized spacial score (nSPS) is 9.81. The molecule has 0 unspecified atom stereocenters. The minimum Gasteiger partial charge on any atom is -0.481 e. The van der Waals surface area contributed by atoms with Crippen molar-refractivity contribution in [3.8, 4) is 0 Å². The molecule has 86 valence electrons. The summed E-state index contributed by atoms with van der Waals surface area (Å²) in [7, 11) is 1.32. The average molecular weight is 240 g/mol. The highest BCUT2D eigenvalue weighted by atomic mass is 32.2. The van der Waals surface area contributed by atoms with Crippen molar-refractivity contribution in [1.29, 1.82) is 0 Å². The number of carbonyl (C=O) groups is 2. The Morgan fingerprint density at radius 3 is 2.69 bits per heavy atom. The van der Waals surface area contributed by atoms with Crippen molar-refractivity contribution in [1.82, 2.24) is 0 Å². The standard InChI is InChI=1S/C11H12O4S/c1-15-11(14)8-4-2-3-5-9(8)16-7-6-10(12)13/h2-5H,6-7H2,1H3,(H,12,13). The van der Waals surface area contributed by atoms with Crippen molar-refractivity contribution in [3.63, 3.8) is 0 Å². The first-order valence-electron chi connectivity index (χ1n) is 4.67. The van der Waals surface area contributed by atoms with Gasteiger partial charge in [-0.3, -0.25) is 4.79 Å². The molecule has 0 spiro atoms. The Balaban J connectivity index is 2.71. The highest BCUT2D eigenvalue weighted by Crippen LogP contribution is 2.23. The second-order valence-corrected chi connectivity index (χ2v) is 4.12. The van der Waals surface area contributed by atoms with E-state index < -0.39 is 11.9 Å². The Labute approximate surface area is 97.6 Å². The summed E-state index contributed by atoms with van der Waals surface area (Å²) in [6.45, 7) is 0. The molecule has 4 nitrogen and oxygen atoms in total. The van der Waals surface area contributed by atoms with Gasteiger partial charge < -0.3 is 9.84 Å². The molecule has 1 rings (SSSR count). The number of esters is 1. The quantitative estimate of drug-likeness (QED) is 0.630. The number of methoxy groups -OCH3 is 1. The molecule has 5 heteroatoms. The van der Waals surface area contributed by atoms with Gasteiger partial charge in [0.05, 0.1) is 19.1 Å². The fraction of sp³-hybridized carbons (Fsp3) is 0.273. The molecule has 0 aliphatic rings. The zero-order chi connectivity index (χ0) is 12.0. The minimum atomic E-state index is -0.844. The van der Waals surface area contributed by atoms with Crippen LogP contribution in [-0.4, -0.2) is 29.9 Å². The van der Waals surface area contributed by atoms with Crippen LogP contribution in [0.1, 0.15) is 16.8 Å². The third-order valence-electron chi connectivity index (χ3n) is 1.87. The largest absolute Gasteiger partial charge is 0.481 e. The maximum absolute atomic E-state index is 11.4. The number of carboxylic acids is 1. The number of benzene rings is 1. The van der Waals surface area contributed by atoms with Gasteiger partial charge in [-0.15, -0.1) is 11.8 Å². The van der Waals surface area contributed by atoms with Gasteiger partial charge in [0, 0.05) is 10.6 Å². The van der Waals surface area contributed by atoms with Crippen LogP contribution in [0.3, 0.4) is 0 Å². The fourth-order valence-corrected chi connectivity index (χ4v) is 2.10. The zero-order valence-corrected chi connectivity index (χ0v) is 9.62. The lowest BCUT2D eigenvalue weighted by Crippen LogP contribution is -2.03. The van der Waals surface area contributed by atoms with Crippen molar-refractivity contribution in [2.24, 2.45) is 0 Å². The molecule has 0 aliphatic heterocycles. The number of carbonyl (C=O) groups excluding carboxylic acids is 1. The first-order chi connectivity index (χ1) is 7.65. The molecule has 0 amide bonds. The van der Waals surface area contributed by atoms with Gasteiger partial charge in [-0.2, -0.15) is 0 Å². The molecular weight excluding hydrogens is 228 g/mol. The van der Waals surface area contributed by atoms with Crippen LogP contribution in [0.15, 0.2) is 29.2 Å². The number of aliphatic carboxylic acids is 1. The van der Waals surface area contributed by atoms with Crippen molar-refractivity contribution >= 4 is 23.7 Å². The summed E-state index contributed by atoms with van der Waals surface area (Å²) in [6.07, 6.45) is 0.0696. The Bertz CT molecular complexity index is 389. The maximum atomic E-state index is 11.4. The SMILES string of the molecule is COC(=O)c1ccccc1SCCC(=O)O. The van der Waals surface area contributed by atoms with E-state index in [-0.39, 0.29) is 6.42 Å². The van der Waals surface area contributed by atoms with Gasteiger partial charge in [0.2, 0.25) is 0 Å². The van der Waals surface area contributed by atoms with Crippen molar-refractivity contribution in [3.05, 3.63) is 29.8 Å². The Hall–Kier alpha value is -1.49. The smallest absolute Gasteiger partial charge is 0.338 e. The number of thioether (sulfide) groups is 1. The Morgan fingerprint density at radius 2 is 2.06 bits per heavy atom. The third kappa shape index (κ3) is 3.58. The number of ether oxygens (including phenoxy) is 1. The second-order valence-electron chi connectivity index (χ2n) is 2.98. The zero-order valence-electron chi connectivity index (χ0n) is 8.80. The fourth-order valence-electron chi connectivity index (χ4n) is 1.12. The first-order valence-corrected chi connectivity index (χ1v) is 5.65. The molecule has 1 aromatic carbocycles. The van der Waals surface area contributed by atoms with Gasteiger partial charge in [-0.1, -0.05) is 12.1 Å². The van der Waals surface area contributed by atoms with E-state index in [9.17, 15) is 9.59 Å². The summed E-state index contributed by atoms with van der Waals surface area (Å²) < 4.78 is 4.64. The second kappa shape index (κ2) is 6.17. The monoisotopic (exact) mass is 240 g/mol. The van der Waals surface area contributed by atoms with Crippen molar-refractivity contribution in [2.45, 2.75) is 11.3 Å². The molecule has 1 N–H and O–H groups in total. The molecule has 0 aromatic heterocycles. The topological polar surface area (TPSA) is 63.6 Å². The van der Waals surface area contributed by atoms with E-state index in [1.807, 2.05) is 0 Å². The van der Waals surface area contributed by atoms with Crippen LogP contribution in [0.25, 0.3) is 0 Å². The highest BCUT2D eigenvalue weighted by Gasteiger charge is 2.11. The van der Waals surface area contributed by atoms with E-state index in [0.717, 1.165) is 4.90 Å². The van der Waals surface area contributed by atoms with E-state index in [2.05, 4.69) is 4.74 Å². The van der Waals surface area contributed by atoms with E-state index in [4.69, 9.17) is 5.11 Å². The van der Waals surface area contributed by atoms with Gasteiger partial charge >= 0.3 is 11.9 Å². The number of hydrogen-bond donors (Lipinski definition) is 1. The van der Waals surface area contributed by atoms with Gasteiger partial charge in [0.1, 0.15) is 0 Å². The molecule has 1 aromatic rings. The lowest BCUT2D eigenvalue weighted by Gasteiger charge is -2.06. The lowest BCUT2D eigenvalue weighted by molar-refractivity contribution is -0.136. The first kappa shape index (κ1) is 12.6. The van der Waals surface area contributed by atoms with Crippen LogP contribution in [0.4, 0.5) is 0 Å². The molecule has 0 atom stereocenters. The van der Waals surface area contributed by atoms with Crippen molar-refractivity contribution in [2.75, 3.05) is 12.9 Å². The Morgan fingerprint density at radius 1 is 1.38 bits per heavy atom. The van der Waals surface area contributed by atoms with Gasteiger partial charge in [0.25, 0.3) is 0 Å². The minimum absolute atomic E-state index is 0.0696. The molecular formula is C11H12O4S. The number of carboxylic acid groups (broad SMARTS) is 1. The molecule has 0 bridgehead atoms. The van der Waals surface area contributed by atoms with Gasteiger partial charge in [-0.05, 0) is 12.1 Å². The van der Waals surface area contributed by atoms with Crippen LogP contribution in [-0.2, 0) is 9.53 Å². The van der Waals surface area contributed by atoms with Gasteiger partial charge in [-0.25, -0.2) is 4.79 Å². The van der Waals surface area contributed by atoms with Crippen LogP contribution >= 0.6 is 11.8 Å². The molecule has 0 fully saturated rings. The maximum Gasteiger partial charge on any atom is 0.338 e. The number of rotatable bonds is 5. The summed E-state index contributed by atoms with van der Waals surface area (Å²) >= 11 is 1.34. The van der Waals surface area contributed by atoms with Crippen LogP contribution in [0.2, 0.25) is 0 Å². The summed E-state index contributed by atoms with van der Waals surface area (Å²) in [5.74, 6) is -0.815. The average Bonchev–Trinajstić information content (AvgIpc) is 2.28. The number of hydrogen-bond acceptors (Lipinski definition) is 4. The summed E-state index contributed by atoms with van der Waals surface area (Å²) in [5.41, 5.74) is 0.473. The highest BCUT2D eigenvalue weighted by molar-refractivity contribution is 7.99. The molecule has 0 heterocycles. The molecule has 0 aliphatic carbocycles. The van der Waals surface area contributed by atoms with Crippen molar-refractivity contribution < 1.29 is 19.4 Å². The molecule has 0 saturated carbocycles. The lowest BCUT2D eigenvalue weighted by atomic mass is 10.2. The van der Waals surface area contributed by atoms with E-state index in [1.165, 1.54) is 18.9 Å². The van der Waals surface area contributed by atoms with E-state index in [1.54, 1.807) is 24.3 Å². The molecule has 16 heavy (non-hydrogen) atoms. The van der Waals surface area contributed by atoms with E-state index >= 15 is 0 Å². The van der Waals surface area contributed by atoms with Gasteiger partial charge in [0.15, 0.2) is 0 Å².